The molecule has 2 aromatic rings. The topological polar surface area (TPSA) is 101 Å². The van der Waals surface area contributed by atoms with Gasteiger partial charge in [-0.3, -0.25) is 4.79 Å². The number of aryl methyl sites for hydroxylation is 1. The summed E-state index contributed by atoms with van der Waals surface area (Å²) in [6.07, 6.45) is 1.60. The van der Waals surface area contributed by atoms with Crippen LogP contribution in [0.25, 0.3) is 5.57 Å². The van der Waals surface area contributed by atoms with Crippen molar-refractivity contribution < 1.29 is 13.2 Å². The van der Waals surface area contributed by atoms with Gasteiger partial charge in [0.15, 0.2) is 0 Å². The highest BCUT2D eigenvalue weighted by Crippen LogP contribution is 2.34. The molecule has 0 aliphatic carbocycles. The summed E-state index contributed by atoms with van der Waals surface area (Å²) in [4.78, 5) is 12.1. The van der Waals surface area contributed by atoms with Gasteiger partial charge in [-0.2, -0.15) is 0 Å². The molecule has 0 aromatic heterocycles. The second kappa shape index (κ2) is 5.53. The van der Waals surface area contributed by atoms with Crippen LogP contribution in [-0.4, -0.2) is 14.3 Å². The number of anilines is 2. The molecule has 1 heterocycles. The van der Waals surface area contributed by atoms with E-state index in [4.69, 9.17) is 5.14 Å². The second-order valence-corrected chi connectivity index (χ2v) is 6.78. The van der Waals surface area contributed by atoms with Gasteiger partial charge in [0, 0.05) is 17.5 Å². The number of amides is 1. The number of benzene rings is 2. The van der Waals surface area contributed by atoms with Crippen LogP contribution in [0.5, 0.6) is 0 Å². The molecule has 1 amide bonds. The maximum absolute atomic E-state index is 12.1. The summed E-state index contributed by atoms with van der Waals surface area (Å²) in [7, 11) is -3.71. The molecule has 0 saturated heterocycles. The standard InChI is InChI=1S/C16H15N3O3S/c1-10-3-2-4-13-14(16(20)19-15(10)13)9-18-11-5-7-12(8-6-11)23(17,21)22/h2-9,18H,1H3,(H,19,20)(H2,17,21,22)/b14-9-. The van der Waals surface area contributed by atoms with Crippen molar-refractivity contribution in [3.63, 3.8) is 0 Å². The number of sulfonamides is 1. The van der Waals surface area contributed by atoms with Crippen LogP contribution in [0, 0.1) is 6.92 Å². The molecule has 1 aliphatic rings. The molecule has 0 bridgehead atoms. The van der Waals surface area contributed by atoms with Crippen molar-refractivity contribution in [1.82, 2.24) is 0 Å². The van der Waals surface area contributed by atoms with Gasteiger partial charge in [-0.1, -0.05) is 18.2 Å². The number of rotatable bonds is 3. The molecule has 0 fully saturated rings. The molecule has 0 radical (unpaired) electrons. The molecule has 2 aromatic carbocycles. The lowest BCUT2D eigenvalue weighted by atomic mass is 10.1. The normalized spacial score (nSPS) is 15.4. The maximum atomic E-state index is 12.1. The molecule has 4 N–H and O–H groups in total. The minimum Gasteiger partial charge on any atom is -0.361 e. The van der Waals surface area contributed by atoms with Crippen LogP contribution in [0.2, 0.25) is 0 Å². The number of nitrogens with one attached hydrogen (secondary N) is 2. The molecule has 23 heavy (non-hydrogen) atoms. The van der Waals surface area contributed by atoms with Crippen molar-refractivity contribution in [3.8, 4) is 0 Å². The number of carbonyl (C=O) groups excluding carboxylic acids is 1. The van der Waals surface area contributed by atoms with Crippen LogP contribution in [-0.2, 0) is 14.8 Å². The van der Waals surface area contributed by atoms with Gasteiger partial charge in [0.25, 0.3) is 5.91 Å². The first-order chi connectivity index (χ1) is 10.9. The first kappa shape index (κ1) is 15.3. The summed E-state index contributed by atoms with van der Waals surface area (Å²) < 4.78 is 22.4. The van der Waals surface area contributed by atoms with E-state index in [2.05, 4.69) is 10.6 Å². The highest BCUT2D eigenvalue weighted by Gasteiger charge is 2.24. The highest BCUT2D eigenvalue weighted by atomic mass is 32.2. The minimum atomic E-state index is -3.71. The third kappa shape index (κ3) is 2.96. The van der Waals surface area contributed by atoms with Gasteiger partial charge in [0.05, 0.1) is 16.2 Å². The molecule has 0 atom stereocenters. The SMILES string of the molecule is Cc1cccc2c1NC(=O)/C2=C\Nc1ccc(S(N)(=O)=O)cc1. The van der Waals surface area contributed by atoms with Crippen molar-refractivity contribution in [2.75, 3.05) is 10.6 Å². The summed E-state index contributed by atoms with van der Waals surface area (Å²) >= 11 is 0. The Morgan fingerprint density at radius 2 is 1.83 bits per heavy atom. The highest BCUT2D eigenvalue weighted by molar-refractivity contribution is 7.89. The summed E-state index contributed by atoms with van der Waals surface area (Å²) in [5.41, 5.74) is 3.83. The number of primary sulfonamides is 1. The van der Waals surface area contributed by atoms with E-state index in [1.54, 1.807) is 18.3 Å². The van der Waals surface area contributed by atoms with Gasteiger partial charge in [0.2, 0.25) is 10.0 Å². The molecule has 6 nitrogen and oxygen atoms in total. The summed E-state index contributed by atoms with van der Waals surface area (Å²) in [5.74, 6) is -0.178. The predicted molar refractivity (Wildman–Crippen MR) is 89.2 cm³/mol. The molecule has 118 valence electrons. The Bertz CT molecular complexity index is 916. The molecule has 7 heteroatoms. The molecule has 0 saturated carbocycles. The number of carbonyl (C=O) groups is 1. The van der Waals surface area contributed by atoms with E-state index < -0.39 is 10.0 Å². The average Bonchev–Trinajstić information content (AvgIpc) is 2.82. The van der Waals surface area contributed by atoms with Gasteiger partial charge in [-0.15, -0.1) is 0 Å². The fraction of sp³-hybridized carbons (Fsp3) is 0.0625. The van der Waals surface area contributed by atoms with E-state index in [1.165, 1.54) is 12.1 Å². The molecular weight excluding hydrogens is 314 g/mol. The number of hydrogen-bond donors (Lipinski definition) is 3. The lowest BCUT2D eigenvalue weighted by Crippen LogP contribution is -2.11. The molecule has 0 spiro atoms. The smallest absolute Gasteiger partial charge is 0.257 e. The van der Waals surface area contributed by atoms with Crippen LogP contribution in [0.1, 0.15) is 11.1 Å². The maximum Gasteiger partial charge on any atom is 0.257 e. The zero-order chi connectivity index (χ0) is 16.6. The quantitative estimate of drug-likeness (QED) is 0.750. The Labute approximate surface area is 134 Å². The van der Waals surface area contributed by atoms with Crippen molar-refractivity contribution in [2.24, 2.45) is 5.14 Å². The first-order valence-electron chi connectivity index (χ1n) is 6.87. The van der Waals surface area contributed by atoms with Crippen molar-refractivity contribution >= 4 is 32.9 Å². The second-order valence-electron chi connectivity index (χ2n) is 5.22. The van der Waals surface area contributed by atoms with E-state index in [9.17, 15) is 13.2 Å². The van der Waals surface area contributed by atoms with Gasteiger partial charge >= 0.3 is 0 Å². The Kier molecular flexibility index (Phi) is 3.67. The molecule has 1 aliphatic heterocycles. The van der Waals surface area contributed by atoms with Crippen LogP contribution in [0.3, 0.4) is 0 Å². The fourth-order valence-electron chi connectivity index (χ4n) is 2.40. The first-order valence-corrected chi connectivity index (χ1v) is 8.42. The van der Waals surface area contributed by atoms with Gasteiger partial charge in [-0.25, -0.2) is 13.6 Å². The Morgan fingerprint density at radius 3 is 2.48 bits per heavy atom. The minimum absolute atomic E-state index is 0.0373. The Balaban J connectivity index is 1.87. The van der Waals surface area contributed by atoms with Crippen molar-refractivity contribution in [2.45, 2.75) is 11.8 Å². The summed E-state index contributed by atoms with van der Waals surface area (Å²) in [6.45, 7) is 1.93. The van der Waals surface area contributed by atoms with Gasteiger partial charge in [-0.05, 0) is 36.8 Å². The van der Waals surface area contributed by atoms with E-state index in [0.717, 1.165) is 16.8 Å². The fourth-order valence-corrected chi connectivity index (χ4v) is 2.92. The largest absolute Gasteiger partial charge is 0.361 e. The molecule has 0 unspecified atom stereocenters. The van der Waals surface area contributed by atoms with Gasteiger partial charge in [0.1, 0.15) is 0 Å². The van der Waals surface area contributed by atoms with E-state index in [1.807, 2.05) is 25.1 Å². The summed E-state index contributed by atoms with van der Waals surface area (Å²) in [6, 6.07) is 11.7. The van der Waals surface area contributed by atoms with Crippen molar-refractivity contribution in [1.29, 1.82) is 0 Å². The Hall–Kier alpha value is -2.64. The van der Waals surface area contributed by atoms with E-state index >= 15 is 0 Å². The molecular formula is C16H15N3O3S. The number of hydrogen-bond acceptors (Lipinski definition) is 4. The number of nitrogens with two attached hydrogens (primary N) is 1. The van der Waals surface area contributed by atoms with Crippen LogP contribution in [0.4, 0.5) is 11.4 Å². The van der Waals surface area contributed by atoms with Crippen LogP contribution in [0.15, 0.2) is 53.6 Å². The Morgan fingerprint density at radius 1 is 1.13 bits per heavy atom. The van der Waals surface area contributed by atoms with Crippen molar-refractivity contribution in [3.05, 3.63) is 59.8 Å². The predicted octanol–water partition coefficient (Wildman–Crippen LogP) is 2.05. The van der Waals surface area contributed by atoms with E-state index in [0.29, 0.717) is 11.3 Å². The third-order valence-corrected chi connectivity index (χ3v) is 4.54. The average molecular weight is 329 g/mol. The summed E-state index contributed by atoms with van der Waals surface area (Å²) in [5, 5.41) is 10.9. The monoisotopic (exact) mass is 329 g/mol. The number of para-hydroxylation sites is 1. The van der Waals surface area contributed by atoms with Crippen LogP contribution < -0.4 is 15.8 Å². The molecule has 3 rings (SSSR count). The zero-order valence-electron chi connectivity index (χ0n) is 12.3. The van der Waals surface area contributed by atoms with Crippen LogP contribution >= 0.6 is 0 Å². The number of fused-ring (bicyclic) bond motifs is 1. The van der Waals surface area contributed by atoms with Gasteiger partial charge < -0.3 is 10.6 Å². The lowest BCUT2D eigenvalue weighted by molar-refractivity contribution is -0.110. The zero-order valence-corrected chi connectivity index (χ0v) is 13.1. The van der Waals surface area contributed by atoms with E-state index in [-0.39, 0.29) is 10.8 Å². The lowest BCUT2D eigenvalue weighted by Gasteiger charge is -2.04. The third-order valence-electron chi connectivity index (χ3n) is 3.61.